The van der Waals surface area contributed by atoms with Gasteiger partial charge in [0.15, 0.2) is 0 Å². The monoisotopic (exact) mass is 273 g/mol. The van der Waals surface area contributed by atoms with Gasteiger partial charge >= 0.3 is 0 Å². The van der Waals surface area contributed by atoms with Gasteiger partial charge in [-0.25, -0.2) is 0 Å². The van der Waals surface area contributed by atoms with Crippen LogP contribution in [-0.2, 0) is 11.8 Å². The van der Waals surface area contributed by atoms with Gasteiger partial charge in [0, 0.05) is 6.04 Å². The van der Waals surface area contributed by atoms with Crippen LogP contribution in [0.15, 0.2) is 18.2 Å². The third-order valence-electron chi connectivity index (χ3n) is 5.57. The van der Waals surface area contributed by atoms with Gasteiger partial charge in [-0.05, 0) is 68.0 Å². The Kier molecular flexibility index (Phi) is 3.76. The maximum Gasteiger partial charge on any atom is 0.115 e. The molecular weight excluding hydrogens is 246 g/mol. The first kappa shape index (κ1) is 13.9. The summed E-state index contributed by atoms with van der Waals surface area (Å²) in [5, 5.41) is 9.91. The summed E-state index contributed by atoms with van der Waals surface area (Å²) in [6.45, 7) is 3.47. The zero-order valence-corrected chi connectivity index (χ0v) is 12.9. The molecule has 0 saturated carbocycles. The summed E-state index contributed by atoms with van der Waals surface area (Å²) >= 11 is 0. The lowest BCUT2D eigenvalue weighted by molar-refractivity contribution is 0.0960. The minimum absolute atomic E-state index is 0.332. The number of likely N-dealkylation sites (tertiary alicyclic amines) is 1. The highest BCUT2D eigenvalue weighted by Crippen LogP contribution is 2.48. The van der Waals surface area contributed by atoms with E-state index in [2.05, 4.69) is 31.0 Å². The number of phenols is 1. The maximum absolute atomic E-state index is 9.91. The van der Waals surface area contributed by atoms with E-state index in [1.807, 2.05) is 6.07 Å². The van der Waals surface area contributed by atoms with E-state index in [4.69, 9.17) is 0 Å². The first-order valence-electron chi connectivity index (χ1n) is 8.17. The van der Waals surface area contributed by atoms with E-state index in [1.54, 1.807) is 0 Å². The number of fused-ring (bicyclic) bond motifs is 4. The molecule has 2 aliphatic rings. The summed E-state index contributed by atoms with van der Waals surface area (Å²) < 4.78 is 0. The number of piperidine rings is 1. The molecule has 0 amide bonds. The Morgan fingerprint density at radius 2 is 2.20 bits per heavy atom. The number of likely N-dealkylation sites (N-methyl/N-ethyl adjacent to an activating group) is 1. The van der Waals surface area contributed by atoms with Crippen LogP contribution >= 0.6 is 0 Å². The Balaban J connectivity index is 1.95. The third-order valence-corrected chi connectivity index (χ3v) is 5.57. The molecule has 2 bridgehead atoms. The topological polar surface area (TPSA) is 23.5 Å². The number of nitrogens with zero attached hydrogens (tertiary/aromatic N) is 1. The van der Waals surface area contributed by atoms with Gasteiger partial charge in [0.1, 0.15) is 5.75 Å². The van der Waals surface area contributed by atoms with Crippen LogP contribution in [0, 0.1) is 0 Å². The zero-order valence-electron chi connectivity index (χ0n) is 12.9. The van der Waals surface area contributed by atoms with Crippen molar-refractivity contribution in [1.29, 1.82) is 0 Å². The lowest BCUT2D eigenvalue weighted by atomic mass is 9.62. The molecule has 1 aliphatic carbocycles. The second kappa shape index (κ2) is 5.40. The molecule has 1 fully saturated rings. The first-order valence-corrected chi connectivity index (χ1v) is 8.17. The van der Waals surface area contributed by atoms with E-state index in [-0.39, 0.29) is 0 Å². The van der Waals surface area contributed by atoms with Gasteiger partial charge in [-0.1, -0.05) is 32.3 Å². The molecule has 1 heterocycles. The van der Waals surface area contributed by atoms with Crippen molar-refractivity contribution < 1.29 is 5.11 Å². The largest absolute Gasteiger partial charge is 0.508 e. The van der Waals surface area contributed by atoms with Crippen molar-refractivity contribution in [2.24, 2.45) is 0 Å². The van der Waals surface area contributed by atoms with Crippen LogP contribution in [0.5, 0.6) is 5.75 Å². The second-order valence-electron chi connectivity index (χ2n) is 6.87. The predicted octanol–water partition coefficient (Wildman–Crippen LogP) is 3.86. The summed E-state index contributed by atoms with van der Waals surface area (Å²) in [6, 6.07) is 6.77. The quantitative estimate of drug-likeness (QED) is 0.842. The average Bonchev–Trinajstić information content (AvgIpc) is 2.45. The third kappa shape index (κ3) is 2.35. The number of hydrogen-bond donors (Lipinski definition) is 1. The summed E-state index contributed by atoms with van der Waals surface area (Å²) in [4.78, 5) is 2.54. The van der Waals surface area contributed by atoms with Crippen LogP contribution in [0.4, 0.5) is 0 Å². The molecule has 0 aromatic heterocycles. The molecule has 1 aromatic rings. The highest BCUT2D eigenvalue weighted by atomic mass is 16.3. The number of unbranched alkanes of at least 4 members (excludes halogenated alkanes) is 2. The fourth-order valence-corrected chi connectivity index (χ4v) is 4.32. The minimum Gasteiger partial charge on any atom is -0.508 e. The lowest BCUT2D eigenvalue weighted by Crippen LogP contribution is -2.51. The van der Waals surface area contributed by atoms with E-state index >= 15 is 0 Å². The van der Waals surface area contributed by atoms with Crippen molar-refractivity contribution in [3.05, 3.63) is 29.3 Å². The smallest absolute Gasteiger partial charge is 0.115 e. The highest BCUT2D eigenvalue weighted by Gasteiger charge is 2.44. The number of benzene rings is 1. The minimum atomic E-state index is 0.332. The Morgan fingerprint density at radius 3 is 3.00 bits per heavy atom. The van der Waals surface area contributed by atoms with Crippen LogP contribution in [0.1, 0.15) is 56.6 Å². The van der Waals surface area contributed by atoms with Gasteiger partial charge in [0.25, 0.3) is 0 Å². The Labute approximate surface area is 122 Å². The summed E-state index contributed by atoms with van der Waals surface area (Å²) in [5.41, 5.74) is 3.26. The van der Waals surface area contributed by atoms with Crippen LogP contribution in [0.25, 0.3) is 0 Å². The van der Waals surface area contributed by atoms with Crippen LogP contribution in [-0.4, -0.2) is 29.6 Å². The number of hydrogen-bond acceptors (Lipinski definition) is 2. The average molecular weight is 273 g/mol. The zero-order chi connectivity index (χ0) is 14.2. The molecule has 2 heteroatoms. The van der Waals surface area contributed by atoms with E-state index in [9.17, 15) is 5.11 Å². The molecule has 1 saturated heterocycles. The van der Waals surface area contributed by atoms with Gasteiger partial charge in [0.2, 0.25) is 0 Å². The predicted molar refractivity (Wildman–Crippen MR) is 83.3 cm³/mol. The van der Waals surface area contributed by atoms with Crippen molar-refractivity contribution in [2.45, 2.75) is 63.3 Å². The summed E-state index contributed by atoms with van der Waals surface area (Å²) in [7, 11) is 2.27. The molecule has 1 aromatic carbocycles. The molecule has 1 unspecified atom stereocenters. The molecule has 3 rings (SSSR count). The van der Waals surface area contributed by atoms with E-state index in [0.717, 1.165) is 6.42 Å². The fourth-order valence-electron chi connectivity index (χ4n) is 4.32. The van der Waals surface area contributed by atoms with Gasteiger partial charge < -0.3 is 10.0 Å². The van der Waals surface area contributed by atoms with Crippen LogP contribution in [0.2, 0.25) is 0 Å². The number of aromatic hydroxyl groups is 1. The second-order valence-corrected chi connectivity index (χ2v) is 6.87. The van der Waals surface area contributed by atoms with Gasteiger partial charge in [-0.15, -0.1) is 0 Å². The van der Waals surface area contributed by atoms with Crippen molar-refractivity contribution in [1.82, 2.24) is 4.90 Å². The summed E-state index contributed by atoms with van der Waals surface area (Å²) in [6.07, 6.45) is 8.91. The van der Waals surface area contributed by atoms with Gasteiger partial charge in [-0.3, -0.25) is 0 Å². The standard InChI is InChI=1S/C18H27NO/c1-3-4-5-8-18-9-10-19(2)15(13-18)11-14-6-7-16(20)12-17(14)18/h6-7,12,15,20H,3-5,8-11,13H2,1-2H3/t15?,18-/m0/s1. The molecule has 20 heavy (non-hydrogen) atoms. The van der Waals surface area contributed by atoms with Gasteiger partial charge in [0.05, 0.1) is 0 Å². The lowest BCUT2D eigenvalue weighted by Gasteiger charge is -2.50. The molecule has 2 atom stereocenters. The van der Waals surface area contributed by atoms with E-state index in [1.165, 1.54) is 56.2 Å². The van der Waals surface area contributed by atoms with Crippen molar-refractivity contribution >= 4 is 0 Å². The van der Waals surface area contributed by atoms with Crippen molar-refractivity contribution in [3.8, 4) is 5.75 Å². The molecule has 0 radical (unpaired) electrons. The first-order chi connectivity index (χ1) is 9.64. The molecule has 1 aliphatic heterocycles. The Hall–Kier alpha value is -1.02. The molecule has 2 nitrogen and oxygen atoms in total. The molecule has 1 N–H and O–H groups in total. The molecule has 0 spiro atoms. The highest BCUT2D eigenvalue weighted by molar-refractivity contribution is 5.43. The Morgan fingerprint density at radius 1 is 1.35 bits per heavy atom. The normalized spacial score (nSPS) is 29.2. The Bertz CT molecular complexity index is 484. The van der Waals surface area contributed by atoms with Crippen LogP contribution < -0.4 is 0 Å². The van der Waals surface area contributed by atoms with E-state index in [0.29, 0.717) is 17.2 Å². The van der Waals surface area contributed by atoms with Crippen LogP contribution in [0.3, 0.4) is 0 Å². The van der Waals surface area contributed by atoms with E-state index < -0.39 is 0 Å². The molecular formula is C18H27NO. The van der Waals surface area contributed by atoms with Crippen molar-refractivity contribution in [2.75, 3.05) is 13.6 Å². The number of rotatable bonds is 4. The summed E-state index contributed by atoms with van der Waals surface area (Å²) in [5.74, 6) is 0.441. The van der Waals surface area contributed by atoms with Crippen molar-refractivity contribution in [3.63, 3.8) is 0 Å². The van der Waals surface area contributed by atoms with Gasteiger partial charge in [-0.2, -0.15) is 0 Å². The maximum atomic E-state index is 9.91. The number of phenolic OH excluding ortho intramolecular Hbond substituents is 1. The SMILES string of the molecule is CCCCC[C@@]12CCN(C)C(Cc3ccc(O)cc31)C2. The molecule has 110 valence electrons. The fraction of sp³-hybridized carbons (Fsp3) is 0.667.